The van der Waals surface area contributed by atoms with E-state index in [2.05, 4.69) is 43.4 Å². The quantitative estimate of drug-likeness (QED) is 0.470. The van der Waals surface area contributed by atoms with Crippen LogP contribution in [-0.2, 0) is 4.74 Å². The highest BCUT2D eigenvalue weighted by Gasteiger charge is 2.24. The molecule has 0 saturated carbocycles. The Morgan fingerprint density at radius 1 is 0.900 bits per heavy atom. The fraction of sp³-hybridized carbons (Fsp3) is 0.200. The van der Waals surface area contributed by atoms with Gasteiger partial charge in [0.2, 0.25) is 0 Å². The fourth-order valence-electron chi connectivity index (χ4n) is 3.12. The third-order valence-electron chi connectivity index (χ3n) is 4.61. The monoisotopic (exact) mass is 419 g/mol. The van der Waals surface area contributed by atoms with Crippen molar-refractivity contribution in [2.24, 2.45) is 5.92 Å². The van der Waals surface area contributed by atoms with Gasteiger partial charge in [0.05, 0.1) is 12.7 Å². The summed E-state index contributed by atoms with van der Waals surface area (Å²) in [5.41, 5.74) is 1.02. The van der Waals surface area contributed by atoms with Crippen molar-refractivity contribution < 1.29 is 14.3 Å². The number of hydrogen-bond acceptors (Lipinski definition) is 3. The van der Waals surface area contributed by atoms with Crippen LogP contribution in [-0.4, -0.2) is 25.5 Å². The second-order valence-electron chi connectivity index (χ2n) is 7.33. The molecule has 5 heteroatoms. The van der Waals surface area contributed by atoms with E-state index in [1.54, 1.807) is 12.1 Å². The van der Waals surface area contributed by atoms with Gasteiger partial charge in [0.15, 0.2) is 0 Å². The van der Waals surface area contributed by atoms with Gasteiger partial charge >= 0.3 is 5.97 Å². The van der Waals surface area contributed by atoms with Gasteiger partial charge in [-0.2, -0.15) is 0 Å². The van der Waals surface area contributed by atoms with Crippen LogP contribution in [0.2, 0.25) is 0 Å². The summed E-state index contributed by atoms with van der Waals surface area (Å²) in [5, 5.41) is 5.97. The van der Waals surface area contributed by atoms with Crippen molar-refractivity contribution in [3.63, 3.8) is 0 Å². The zero-order chi connectivity index (χ0) is 21.5. The van der Waals surface area contributed by atoms with Crippen LogP contribution >= 0.6 is 7.92 Å². The highest BCUT2D eigenvalue weighted by molar-refractivity contribution is 7.80. The molecule has 0 heterocycles. The average molecular weight is 419 g/mol. The van der Waals surface area contributed by atoms with Crippen LogP contribution in [0.1, 0.15) is 34.6 Å². The van der Waals surface area contributed by atoms with Crippen molar-refractivity contribution in [1.82, 2.24) is 5.32 Å². The van der Waals surface area contributed by atoms with Gasteiger partial charge in [-0.15, -0.1) is 0 Å². The first-order chi connectivity index (χ1) is 14.5. The molecule has 0 atom stereocenters. The number of methoxy groups -OCH3 is 1. The first kappa shape index (κ1) is 21.7. The number of rotatable bonds is 7. The fourth-order valence-corrected chi connectivity index (χ4v) is 5.59. The molecule has 30 heavy (non-hydrogen) atoms. The topological polar surface area (TPSA) is 55.4 Å². The van der Waals surface area contributed by atoms with E-state index in [0.717, 1.165) is 15.9 Å². The van der Waals surface area contributed by atoms with E-state index in [-0.39, 0.29) is 5.91 Å². The van der Waals surface area contributed by atoms with Crippen LogP contribution in [0.25, 0.3) is 0 Å². The number of nitrogens with one attached hydrogen (secondary N) is 1. The minimum Gasteiger partial charge on any atom is -0.465 e. The summed E-state index contributed by atoms with van der Waals surface area (Å²) in [6.45, 7) is 4.70. The van der Waals surface area contributed by atoms with E-state index in [1.807, 2.05) is 42.5 Å². The van der Waals surface area contributed by atoms with E-state index in [0.29, 0.717) is 23.6 Å². The second kappa shape index (κ2) is 10.2. The zero-order valence-corrected chi connectivity index (χ0v) is 18.4. The molecular weight excluding hydrogens is 393 g/mol. The van der Waals surface area contributed by atoms with E-state index < -0.39 is 13.9 Å². The van der Waals surface area contributed by atoms with Gasteiger partial charge in [-0.1, -0.05) is 74.5 Å². The zero-order valence-electron chi connectivity index (χ0n) is 17.5. The molecular formula is C25H26NO3P. The third-order valence-corrected chi connectivity index (χ3v) is 7.09. The first-order valence-corrected chi connectivity index (χ1v) is 11.3. The molecule has 0 aliphatic heterocycles. The van der Waals surface area contributed by atoms with Crippen LogP contribution in [0.4, 0.5) is 0 Å². The maximum Gasteiger partial charge on any atom is 0.338 e. The van der Waals surface area contributed by atoms with Gasteiger partial charge in [-0.25, -0.2) is 4.79 Å². The molecule has 1 amide bonds. The van der Waals surface area contributed by atoms with Crippen molar-refractivity contribution in [3.8, 4) is 0 Å². The largest absolute Gasteiger partial charge is 0.465 e. The molecule has 3 aromatic rings. The smallest absolute Gasteiger partial charge is 0.338 e. The minimum absolute atomic E-state index is 0.141. The Bertz CT molecular complexity index is 964. The van der Waals surface area contributed by atoms with Crippen molar-refractivity contribution in [2.75, 3.05) is 13.7 Å². The minimum atomic E-state index is -1.05. The lowest BCUT2D eigenvalue weighted by atomic mass is 10.1. The van der Waals surface area contributed by atoms with E-state index in [1.165, 1.54) is 7.11 Å². The van der Waals surface area contributed by atoms with E-state index in [9.17, 15) is 9.59 Å². The maximum absolute atomic E-state index is 12.7. The Kier molecular flexibility index (Phi) is 7.37. The van der Waals surface area contributed by atoms with Gasteiger partial charge in [-0.3, -0.25) is 4.79 Å². The second-order valence-corrected chi connectivity index (χ2v) is 9.52. The van der Waals surface area contributed by atoms with Gasteiger partial charge < -0.3 is 10.1 Å². The lowest BCUT2D eigenvalue weighted by Crippen LogP contribution is -2.30. The molecule has 4 nitrogen and oxygen atoms in total. The van der Waals surface area contributed by atoms with Crippen LogP contribution < -0.4 is 21.2 Å². The molecule has 3 rings (SSSR count). The highest BCUT2D eigenvalue weighted by atomic mass is 31.1. The summed E-state index contributed by atoms with van der Waals surface area (Å²) < 4.78 is 5.05. The van der Waals surface area contributed by atoms with Crippen molar-refractivity contribution in [2.45, 2.75) is 13.8 Å². The van der Waals surface area contributed by atoms with E-state index in [4.69, 9.17) is 4.74 Å². The number of carbonyl (C=O) groups excluding carboxylic acids is 2. The summed E-state index contributed by atoms with van der Waals surface area (Å²) >= 11 is 0. The van der Waals surface area contributed by atoms with Crippen LogP contribution in [0.15, 0.2) is 78.9 Å². The first-order valence-electron chi connectivity index (χ1n) is 9.92. The van der Waals surface area contributed by atoms with Gasteiger partial charge in [0, 0.05) is 17.4 Å². The molecule has 154 valence electrons. The highest BCUT2D eigenvalue weighted by Crippen LogP contribution is 2.34. The molecule has 0 unspecified atom stereocenters. The Morgan fingerprint density at radius 3 is 1.97 bits per heavy atom. The number of ether oxygens (including phenoxy) is 1. The van der Waals surface area contributed by atoms with Crippen LogP contribution in [0.5, 0.6) is 0 Å². The molecule has 0 aliphatic carbocycles. The summed E-state index contributed by atoms with van der Waals surface area (Å²) in [6, 6.07) is 25.4. The number of benzene rings is 3. The molecule has 1 N–H and O–H groups in total. The summed E-state index contributed by atoms with van der Waals surface area (Å²) in [6.07, 6.45) is 0. The molecule has 0 radical (unpaired) electrons. The SMILES string of the molecule is COC(=O)c1ccc(C(=O)NCC(C)C)cc1P(c1ccccc1)c1ccccc1. The molecule has 0 fully saturated rings. The number of carbonyl (C=O) groups is 2. The van der Waals surface area contributed by atoms with Gasteiger partial charge in [0.1, 0.15) is 0 Å². The van der Waals surface area contributed by atoms with E-state index >= 15 is 0 Å². The molecule has 0 aromatic heterocycles. The Hall–Kier alpha value is -2.97. The van der Waals surface area contributed by atoms with Crippen molar-refractivity contribution >= 4 is 35.7 Å². The Balaban J connectivity index is 2.16. The summed E-state index contributed by atoms with van der Waals surface area (Å²) in [4.78, 5) is 25.3. The Labute approximate surface area is 179 Å². The van der Waals surface area contributed by atoms with Crippen LogP contribution in [0, 0.1) is 5.92 Å². The number of hydrogen-bond donors (Lipinski definition) is 1. The summed E-state index contributed by atoms with van der Waals surface area (Å²) in [7, 11) is 0.329. The predicted octanol–water partition coefficient (Wildman–Crippen LogP) is 3.62. The normalized spacial score (nSPS) is 10.8. The van der Waals surface area contributed by atoms with Crippen molar-refractivity contribution in [1.29, 1.82) is 0 Å². The molecule has 0 bridgehead atoms. The number of esters is 1. The van der Waals surface area contributed by atoms with Gasteiger partial charge in [0.25, 0.3) is 5.91 Å². The third kappa shape index (κ3) is 5.14. The van der Waals surface area contributed by atoms with Gasteiger partial charge in [-0.05, 0) is 42.6 Å². The van der Waals surface area contributed by atoms with Crippen LogP contribution in [0.3, 0.4) is 0 Å². The number of amides is 1. The molecule has 0 aliphatic rings. The lowest BCUT2D eigenvalue weighted by molar-refractivity contribution is 0.0602. The lowest BCUT2D eigenvalue weighted by Gasteiger charge is -2.22. The summed E-state index contributed by atoms with van der Waals surface area (Å²) in [5.74, 6) is -0.190. The van der Waals surface area contributed by atoms with Crippen molar-refractivity contribution in [3.05, 3.63) is 90.0 Å². The predicted molar refractivity (Wildman–Crippen MR) is 124 cm³/mol. The Morgan fingerprint density at radius 2 is 1.47 bits per heavy atom. The average Bonchev–Trinajstić information content (AvgIpc) is 2.78. The molecule has 3 aromatic carbocycles. The maximum atomic E-state index is 12.7. The standard InChI is InChI=1S/C25H26NO3P/c1-18(2)17-26-24(27)19-14-15-22(25(28)29-3)23(16-19)30(20-10-6-4-7-11-20)21-12-8-5-9-13-21/h4-16,18H,17H2,1-3H3,(H,26,27). The molecule has 0 saturated heterocycles. The molecule has 0 spiro atoms.